The molecule has 29 heavy (non-hydrogen) atoms. The number of aliphatic hydroxyl groups is 1. The van der Waals surface area contributed by atoms with Crippen molar-refractivity contribution in [1.29, 1.82) is 0 Å². The molecular weight excluding hydrogens is 370 g/mol. The fourth-order valence-corrected chi connectivity index (χ4v) is 4.12. The van der Waals surface area contributed by atoms with Gasteiger partial charge in [-0.1, -0.05) is 12.5 Å². The Kier molecular flexibility index (Phi) is 8.58. The Morgan fingerprint density at radius 3 is 2.55 bits per heavy atom. The number of amides is 1. The molecule has 2 aliphatic heterocycles. The van der Waals surface area contributed by atoms with E-state index in [4.69, 9.17) is 9.47 Å². The molecule has 1 atom stereocenters. The van der Waals surface area contributed by atoms with Crippen molar-refractivity contribution >= 4 is 6.41 Å². The number of carbonyl (C=O) groups excluding carboxylic acids is 1. The number of methoxy groups -OCH3 is 1. The van der Waals surface area contributed by atoms with Gasteiger partial charge in [0.2, 0.25) is 6.41 Å². The van der Waals surface area contributed by atoms with E-state index in [1.165, 1.54) is 19.3 Å². The molecule has 1 aromatic rings. The zero-order chi connectivity index (χ0) is 20.5. The fourth-order valence-electron chi connectivity index (χ4n) is 4.12. The van der Waals surface area contributed by atoms with E-state index in [0.717, 1.165) is 64.2 Å². The smallest absolute Gasteiger partial charge is 0.209 e. The largest absolute Gasteiger partial charge is 0.493 e. The highest BCUT2D eigenvalue weighted by atomic mass is 16.5. The molecule has 2 heterocycles. The zero-order valence-corrected chi connectivity index (χ0v) is 17.6. The number of ether oxygens (including phenoxy) is 2. The molecule has 1 aromatic carbocycles. The van der Waals surface area contributed by atoms with Crippen molar-refractivity contribution in [3.8, 4) is 11.5 Å². The van der Waals surface area contributed by atoms with E-state index in [0.29, 0.717) is 18.0 Å². The summed E-state index contributed by atoms with van der Waals surface area (Å²) in [4.78, 5) is 17.5. The summed E-state index contributed by atoms with van der Waals surface area (Å²) in [5.74, 6) is 1.36. The van der Waals surface area contributed by atoms with Gasteiger partial charge in [0.05, 0.1) is 7.11 Å². The minimum atomic E-state index is -0.513. The number of hydrogen-bond donors (Lipinski definition) is 1. The van der Waals surface area contributed by atoms with Gasteiger partial charge < -0.3 is 24.4 Å². The maximum Gasteiger partial charge on any atom is 0.209 e. The van der Waals surface area contributed by atoms with Crippen LogP contribution in [0.1, 0.15) is 31.2 Å². The lowest BCUT2D eigenvalue weighted by molar-refractivity contribution is -0.118. The first kappa shape index (κ1) is 21.9. The van der Waals surface area contributed by atoms with Crippen molar-refractivity contribution in [1.82, 2.24) is 14.7 Å². The van der Waals surface area contributed by atoms with E-state index in [2.05, 4.69) is 15.9 Å². The van der Waals surface area contributed by atoms with E-state index in [9.17, 15) is 9.90 Å². The fraction of sp³-hybridized carbons (Fsp3) is 0.682. The molecule has 1 amide bonds. The summed E-state index contributed by atoms with van der Waals surface area (Å²) in [7, 11) is 1.63. The topological polar surface area (TPSA) is 65.5 Å². The van der Waals surface area contributed by atoms with Crippen LogP contribution in [-0.4, -0.2) is 91.9 Å². The van der Waals surface area contributed by atoms with Gasteiger partial charge in [-0.2, -0.15) is 0 Å². The number of β-amino-alcohol motifs (C(OH)–C–C–N with tert-alkyl or cyclic N) is 1. The van der Waals surface area contributed by atoms with Crippen molar-refractivity contribution in [3.05, 3.63) is 23.8 Å². The third kappa shape index (κ3) is 6.87. The molecule has 0 bridgehead atoms. The molecule has 0 saturated carbocycles. The van der Waals surface area contributed by atoms with Crippen LogP contribution in [0.5, 0.6) is 11.5 Å². The predicted molar refractivity (Wildman–Crippen MR) is 112 cm³/mol. The van der Waals surface area contributed by atoms with Crippen LogP contribution in [0.25, 0.3) is 0 Å². The average Bonchev–Trinajstić information content (AvgIpc) is 2.98. The van der Waals surface area contributed by atoms with Crippen molar-refractivity contribution < 1.29 is 19.4 Å². The summed E-state index contributed by atoms with van der Waals surface area (Å²) in [6.07, 6.45) is 5.13. The molecule has 0 spiro atoms. The number of carbonyl (C=O) groups is 1. The number of likely N-dealkylation sites (tertiary alicyclic amines) is 1. The highest BCUT2D eigenvalue weighted by molar-refractivity contribution is 5.47. The third-order valence-corrected chi connectivity index (χ3v) is 5.76. The van der Waals surface area contributed by atoms with Gasteiger partial charge in [0.15, 0.2) is 11.5 Å². The molecule has 1 N–H and O–H groups in total. The van der Waals surface area contributed by atoms with E-state index >= 15 is 0 Å². The summed E-state index contributed by atoms with van der Waals surface area (Å²) >= 11 is 0. The molecule has 0 aliphatic carbocycles. The van der Waals surface area contributed by atoms with Crippen LogP contribution in [0.15, 0.2) is 18.2 Å². The van der Waals surface area contributed by atoms with Crippen LogP contribution in [0.3, 0.4) is 0 Å². The van der Waals surface area contributed by atoms with Gasteiger partial charge in [0, 0.05) is 39.3 Å². The summed E-state index contributed by atoms with van der Waals surface area (Å²) < 4.78 is 11.4. The Morgan fingerprint density at radius 1 is 1.00 bits per heavy atom. The summed E-state index contributed by atoms with van der Waals surface area (Å²) in [5.41, 5.74) is 1.14. The van der Waals surface area contributed by atoms with E-state index < -0.39 is 6.10 Å². The van der Waals surface area contributed by atoms with Crippen molar-refractivity contribution in [3.63, 3.8) is 0 Å². The van der Waals surface area contributed by atoms with Crippen LogP contribution in [-0.2, 0) is 11.3 Å². The summed E-state index contributed by atoms with van der Waals surface area (Å²) in [6.45, 7) is 7.29. The highest BCUT2D eigenvalue weighted by Crippen LogP contribution is 2.29. The molecule has 1 unspecified atom stereocenters. The predicted octanol–water partition coefficient (Wildman–Crippen LogP) is 1.58. The Labute approximate surface area is 174 Å². The summed E-state index contributed by atoms with van der Waals surface area (Å²) in [5, 5.41) is 10.4. The number of benzene rings is 1. The van der Waals surface area contributed by atoms with Crippen LogP contribution < -0.4 is 9.47 Å². The number of rotatable bonds is 9. The van der Waals surface area contributed by atoms with Gasteiger partial charge in [0.1, 0.15) is 12.7 Å². The number of piperidine rings is 1. The Hall–Kier alpha value is -1.83. The molecule has 2 fully saturated rings. The van der Waals surface area contributed by atoms with Crippen molar-refractivity contribution in [2.45, 2.75) is 38.3 Å². The second kappa shape index (κ2) is 11.4. The Morgan fingerprint density at radius 2 is 1.79 bits per heavy atom. The molecule has 2 saturated heterocycles. The van der Waals surface area contributed by atoms with Gasteiger partial charge >= 0.3 is 0 Å². The molecule has 162 valence electrons. The first-order valence-corrected chi connectivity index (χ1v) is 10.8. The zero-order valence-electron chi connectivity index (χ0n) is 17.6. The number of aliphatic hydroxyl groups excluding tert-OH is 1. The van der Waals surface area contributed by atoms with Crippen LogP contribution in [0.2, 0.25) is 0 Å². The molecule has 7 heteroatoms. The maximum atomic E-state index is 11.0. The minimum Gasteiger partial charge on any atom is -0.493 e. The van der Waals surface area contributed by atoms with E-state index in [-0.39, 0.29) is 6.61 Å². The maximum absolute atomic E-state index is 11.0. The van der Waals surface area contributed by atoms with E-state index in [1.807, 2.05) is 17.0 Å². The molecule has 7 nitrogen and oxygen atoms in total. The number of hydrogen-bond acceptors (Lipinski definition) is 6. The lowest BCUT2D eigenvalue weighted by Gasteiger charge is -2.28. The van der Waals surface area contributed by atoms with Gasteiger partial charge in [-0.05, 0) is 50.0 Å². The molecule has 2 aliphatic rings. The standard InChI is InChI=1S/C22H35N3O4/c1-28-21-7-6-19(15-24-10-5-11-25(18-26)13-12-24)14-22(21)29-17-20(27)16-23-8-3-2-4-9-23/h6-7,14,18,20,27H,2-5,8-13,15-17H2,1H3. The quantitative estimate of drug-likeness (QED) is 0.630. The highest BCUT2D eigenvalue weighted by Gasteiger charge is 2.17. The minimum absolute atomic E-state index is 0.258. The van der Waals surface area contributed by atoms with Crippen molar-refractivity contribution in [2.75, 3.05) is 59.5 Å². The third-order valence-electron chi connectivity index (χ3n) is 5.76. The van der Waals surface area contributed by atoms with Gasteiger partial charge in [-0.25, -0.2) is 0 Å². The summed E-state index contributed by atoms with van der Waals surface area (Å²) in [6, 6.07) is 5.99. The Bertz CT molecular complexity index is 636. The molecular formula is C22H35N3O4. The van der Waals surface area contributed by atoms with E-state index in [1.54, 1.807) is 7.11 Å². The second-order valence-electron chi connectivity index (χ2n) is 8.08. The van der Waals surface area contributed by atoms with Crippen LogP contribution in [0.4, 0.5) is 0 Å². The van der Waals surface area contributed by atoms with Crippen LogP contribution in [0, 0.1) is 0 Å². The first-order chi connectivity index (χ1) is 14.2. The lowest BCUT2D eigenvalue weighted by atomic mass is 10.1. The van der Waals surface area contributed by atoms with Gasteiger partial charge in [-0.15, -0.1) is 0 Å². The first-order valence-electron chi connectivity index (χ1n) is 10.8. The van der Waals surface area contributed by atoms with Gasteiger partial charge in [0.25, 0.3) is 0 Å². The number of nitrogens with zero attached hydrogens (tertiary/aromatic N) is 3. The van der Waals surface area contributed by atoms with Crippen molar-refractivity contribution in [2.24, 2.45) is 0 Å². The monoisotopic (exact) mass is 405 g/mol. The average molecular weight is 406 g/mol. The molecule has 0 aromatic heterocycles. The second-order valence-corrected chi connectivity index (χ2v) is 8.08. The SMILES string of the molecule is COc1ccc(CN2CCCN(C=O)CC2)cc1OCC(O)CN1CCCCC1. The van der Waals surface area contributed by atoms with Gasteiger partial charge in [-0.3, -0.25) is 9.69 Å². The lowest BCUT2D eigenvalue weighted by Crippen LogP contribution is -2.38. The normalized spacial score (nSPS) is 20.1. The Balaban J connectivity index is 1.54. The molecule has 0 radical (unpaired) electrons. The van der Waals surface area contributed by atoms with Crippen LogP contribution >= 0.6 is 0 Å². The molecule has 3 rings (SSSR count).